The molecule has 0 bridgehead atoms. The molecule has 22 heavy (non-hydrogen) atoms. The van der Waals surface area contributed by atoms with Gasteiger partial charge in [-0.05, 0) is 53.6 Å². The first-order chi connectivity index (χ1) is 10.1. The van der Waals surface area contributed by atoms with E-state index in [0.29, 0.717) is 12.0 Å². The minimum atomic E-state index is -0.428. The predicted molar refractivity (Wildman–Crippen MR) is 91.1 cm³/mol. The summed E-state index contributed by atoms with van der Waals surface area (Å²) in [6, 6.07) is 0.689. The van der Waals surface area contributed by atoms with E-state index < -0.39 is 5.60 Å². The Hall–Kier alpha value is -0.810. The average Bonchev–Trinajstić information content (AvgIpc) is 2.79. The number of carbonyl (C=O) groups excluding carboxylic acids is 1. The van der Waals surface area contributed by atoms with Gasteiger partial charge in [0.1, 0.15) is 5.60 Å². The van der Waals surface area contributed by atoms with Crippen LogP contribution in [0.1, 0.15) is 47.5 Å². The van der Waals surface area contributed by atoms with Crippen LogP contribution in [-0.2, 0) is 4.74 Å². The van der Waals surface area contributed by atoms with Crippen LogP contribution >= 0.6 is 0 Å². The van der Waals surface area contributed by atoms with Crippen LogP contribution in [0.2, 0.25) is 0 Å². The lowest BCUT2D eigenvalue weighted by molar-refractivity contribution is 0.0223. The van der Waals surface area contributed by atoms with Crippen molar-refractivity contribution in [3.05, 3.63) is 0 Å². The normalized spacial score (nSPS) is 20.8. The number of likely N-dealkylation sites (N-methyl/N-ethyl adjacent to an activating group) is 1. The molecule has 1 N–H and O–H groups in total. The second kappa shape index (κ2) is 8.16. The first-order valence-electron chi connectivity index (χ1n) is 8.48. The number of amides is 1. The molecule has 1 rings (SSSR count). The van der Waals surface area contributed by atoms with E-state index in [9.17, 15) is 4.79 Å². The Morgan fingerprint density at radius 3 is 2.50 bits per heavy atom. The summed E-state index contributed by atoms with van der Waals surface area (Å²) in [5.41, 5.74) is -0.428. The van der Waals surface area contributed by atoms with Gasteiger partial charge < -0.3 is 19.9 Å². The predicted octanol–water partition coefficient (Wildman–Crippen LogP) is 2.56. The summed E-state index contributed by atoms with van der Waals surface area (Å²) < 4.78 is 5.52. The summed E-state index contributed by atoms with van der Waals surface area (Å²) in [7, 11) is 4.19. The number of likely N-dealkylation sites (tertiary alicyclic amines) is 1. The molecule has 0 spiro atoms. The van der Waals surface area contributed by atoms with E-state index in [2.05, 4.69) is 38.2 Å². The molecule has 5 heteroatoms. The van der Waals surface area contributed by atoms with Gasteiger partial charge in [0.15, 0.2) is 0 Å². The van der Waals surface area contributed by atoms with Crippen molar-refractivity contribution in [1.82, 2.24) is 15.1 Å². The molecule has 2 atom stereocenters. The Morgan fingerprint density at radius 1 is 1.36 bits per heavy atom. The fourth-order valence-electron chi connectivity index (χ4n) is 2.80. The number of nitrogens with one attached hydrogen (secondary N) is 1. The van der Waals surface area contributed by atoms with Gasteiger partial charge in [0.25, 0.3) is 0 Å². The molecule has 0 aromatic heterocycles. The van der Waals surface area contributed by atoms with Gasteiger partial charge in [-0.15, -0.1) is 0 Å². The molecule has 0 aromatic rings. The topological polar surface area (TPSA) is 44.8 Å². The minimum absolute atomic E-state index is 0.175. The SMILES string of the molecule is CC(C)C(CN(C)C)NCC1CCCN1C(=O)OC(C)(C)C. The monoisotopic (exact) mass is 313 g/mol. The van der Waals surface area contributed by atoms with Gasteiger partial charge in [0, 0.05) is 31.7 Å². The average molecular weight is 313 g/mol. The summed E-state index contributed by atoms with van der Waals surface area (Å²) >= 11 is 0. The molecule has 1 fully saturated rings. The second-order valence-corrected chi connectivity index (χ2v) is 7.99. The van der Waals surface area contributed by atoms with Crippen LogP contribution in [0.3, 0.4) is 0 Å². The third-order valence-corrected chi connectivity index (χ3v) is 3.99. The molecule has 0 saturated carbocycles. The molecular weight excluding hydrogens is 278 g/mol. The number of nitrogens with zero attached hydrogens (tertiary/aromatic N) is 2. The van der Waals surface area contributed by atoms with E-state index in [4.69, 9.17) is 4.74 Å². The van der Waals surface area contributed by atoms with E-state index in [0.717, 1.165) is 32.5 Å². The Labute approximate surface area is 136 Å². The van der Waals surface area contributed by atoms with Gasteiger partial charge in [0.05, 0.1) is 0 Å². The molecule has 5 nitrogen and oxygen atoms in total. The van der Waals surface area contributed by atoms with Crippen LogP contribution in [0.4, 0.5) is 4.79 Å². The van der Waals surface area contributed by atoms with Crippen molar-refractivity contribution >= 4 is 6.09 Å². The Morgan fingerprint density at radius 2 is 2.00 bits per heavy atom. The molecule has 1 aliphatic heterocycles. The summed E-state index contributed by atoms with van der Waals surface area (Å²) in [5, 5.41) is 3.65. The summed E-state index contributed by atoms with van der Waals surface area (Å²) in [5.74, 6) is 0.568. The van der Waals surface area contributed by atoms with Gasteiger partial charge in [-0.25, -0.2) is 4.79 Å². The van der Waals surface area contributed by atoms with Crippen molar-refractivity contribution in [3.8, 4) is 0 Å². The lowest BCUT2D eigenvalue weighted by Gasteiger charge is -2.31. The van der Waals surface area contributed by atoms with Crippen LogP contribution < -0.4 is 5.32 Å². The Balaban J connectivity index is 2.54. The molecule has 1 aliphatic rings. The molecule has 2 unspecified atom stereocenters. The first kappa shape index (κ1) is 19.2. The van der Waals surface area contributed by atoms with Gasteiger partial charge in [-0.3, -0.25) is 0 Å². The standard InChI is InChI=1S/C17H35N3O2/c1-13(2)15(12-19(6)7)18-11-14-9-8-10-20(14)16(21)22-17(3,4)5/h13-15,18H,8-12H2,1-7H3. The maximum absolute atomic E-state index is 12.3. The fraction of sp³-hybridized carbons (Fsp3) is 0.941. The van der Waals surface area contributed by atoms with Gasteiger partial charge in [0.2, 0.25) is 0 Å². The molecule has 0 radical (unpaired) electrons. The molecule has 130 valence electrons. The van der Waals surface area contributed by atoms with Crippen LogP contribution in [0, 0.1) is 5.92 Å². The highest BCUT2D eigenvalue weighted by molar-refractivity contribution is 5.69. The molecule has 1 saturated heterocycles. The highest BCUT2D eigenvalue weighted by Gasteiger charge is 2.32. The lowest BCUT2D eigenvalue weighted by atomic mass is 10.0. The molecular formula is C17H35N3O2. The third-order valence-electron chi connectivity index (χ3n) is 3.99. The Bertz CT molecular complexity index is 350. The summed E-state index contributed by atoms with van der Waals surface area (Å²) in [6.45, 7) is 12.9. The second-order valence-electron chi connectivity index (χ2n) is 7.99. The van der Waals surface area contributed by atoms with E-state index in [1.54, 1.807) is 0 Å². The minimum Gasteiger partial charge on any atom is -0.444 e. The van der Waals surface area contributed by atoms with Gasteiger partial charge >= 0.3 is 6.09 Å². The smallest absolute Gasteiger partial charge is 0.410 e. The van der Waals surface area contributed by atoms with Gasteiger partial charge in [-0.1, -0.05) is 13.8 Å². The quantitative estimate of drug-likeness (QED) is 0.818. The summed E-state index contributed by atoms with van der Waals surface area (Å²) in [4.78, 5) is 16.4. The number of rotatable bonds is 6. The number of carbonyl (C=O) groups is 1. The van der Waals surface area contributed by atoms with Crippen LogP contribution in [0.15, 0.2) is 0 Å². The van der Waals surface area contributed by atoms with Gasteiger partial charge in [-0.2, -0.15) is 0 Å². The van der Waals surface area contributed by atoms with Crippen LogP contribution in [0.25, 0.3) is 0 Å². The highest BCUT2D eigenvalue weighted by atomic mass is 16.6. The number of hydrogen-bond donors (Lipinski definition) is 1. The van der Waals surface area contributed by atoms with E-state index >= 15 is 0 Å². The van der Waals surface area contributed by atoms with Crippen molar-refractivity contribution < 1.29 is 9.53 Å². The fourth-order valence-corrected chi connectivity index (χ4v) is 2.80. The summed E-state index contributed by atoms with van der Waals surface area (Å²) in [6.07, 6.45) is 1.94. The van der Waals surface area contributed by atoms with Crippen molar-refractivity contribution in [2.75, 3.05) is 33.7 Å². The largest absolute Gasteiger partial charge is 0.444 e. The molecule has 1 amide bonds. The van der Waals surface area contributed by atoms with Crippen molar-refractivity contribution in [2.24, 2.45) is 5.92 Å². The molecule has 1 heterocycles. The lowest BCUT2D eigenvalue weighted by Crippen LogP contribution is -2.49. The zero-order chi connectivity index (χ0) is 16.9. The molecule has 0 aromatic carbocycles. The zero-order valence-electron chi connectivity index (χ0n) is 15.5. The maximum atomic E-state index is 12.3. The van der Waals surface area contributed by atoms with Crippen molar-refractivity contribution in [2.45, 2.75) is 65.1 Å². The molecule has 0 aliphatic carbocycles. The third kappa shape index (κ3) is 6.53. The van der Waals surface area contributed by atoms with E-state index in [1.807, 2.05) is 25.7 Å². The van der Waals surface area contributed by atoms with Crippen molar-refractivity contribution in [3.63, 3.8) is 0 Å². The maximum Gasteiger partial charge on any atom is 0.410 e. The number of hydrogen-bond acceptors (Lipinski definition) is 4. The van der Waals surface area contributed by atoms with Crippen LogP contribution in [0.5, 0.6) is 0 Å². The van der Waals surface area contributed by atoms with Crippen molar-refractivity contribution in [1.29, 1.82) is 0 Å². The van der Waals surface area contributed by atoms with E-state index in [1.165, 1.54) is 0 Å². The van der Waals surface area contributed by atoms with E-state index in [-0.39, 0.29) is 12.1 Å². The number of ether oxygens (including phenoxy) is 1. The first-order valence-corrected chi connectivity index (χ1v) is 8.48. The zero-order valence-corrected chi connectivity index (χ0v) is 15.5. The van der Waals surface area contributed by atoms with Crippen LogP contribution in [-0.4, -0.2) is 67.3 Å². The highest BCUT2D eigenvalue weighted by Crippen LogP contribution is 2.20. The Kier molecular flexibility index (Phi) is 7.13.